The largest absolute Gasteiger partial charge is 0.440 e. The summed E-state index contributed by atoms with van der Waals surface area (Å²) in [5, 5.41) is 8.80. The van der Waals surface area contributed by atoms with Crippen LogP contribution in [0.1, 0.15) is 82.9 Å². The molecular formula is C47H44N6O4. The zero-order valence-electron chi connectivity index (χ0n) is 32.7. The Balaban J connectivity index is 0.000000131. The molecule has 10 nitrogen and oxygen atoms in total. The minimum Gasteiger partial charge on any atom is -0.440 e. The van der Waals surface area contributed by atoms with Crippen LogP contribution >= 0.6 is 0 Å². The molecule has 286 valence electrons. The number of fused-ring (bicyclic) bond motifs is 8. The Bertz CT molecular complexity index is 3120. The number of hydrogen-bond acceptors (Lipinski definition) is 8. The third kappa shape index (κ3) is 5.52. The number of benzene rings is 4. The fourth-order valence-corrected chi connectivity index (χ4v) is 9.42. The molecule has 57 heavy (non-hydrogen) atoms. The van der Waals surface area contributed by atoms with Gasteiger partial charge in [-0.3, -0.25) is 9.59 Å². The zero-order chi connectivity index (χ0) is 38.7. The second kappa shape index (κ2) is 12.8. The molecule has 4 aromatic carbocycles. The lowest BCUT2D eigenvalue weighted by Crippen LogP contribution is -2.23. The van der Waals surface area contributed by atoms with Crippen molar-refractivity contribution in [1.29, 1.82) is 0 Å². The first-order chi connectivity index (χ1) is 27.7. The third-order valence-corrected chi connectivity index (χ3v) is 12.5. The number of hydrogen-bond donors (Lipinski definition) is 2. The van der Waals surface area contributed by atoms with E-state index in [-0.39, 0.29) is 23.2 Å². The normalized spacial score (nSPS) is 16.4. The molecule has 0 amide bonds. The molecule has 2 saturated carbocycles. The molecule has 2 aliphatic heterocycles. The SMILES string of the molecule is Cc1nc2c(=O)n(C3CC3)c3c(C)c(-c4ccc5c(c4)CCNC5)ccc3c2o1.Cc1nc2c(=O)n(C3CC3)c3c(C)c(-c4ccc5c(c4)CNC5)ccc3c2o1. The van der Waals surface area contributed by atoms with Crippen LogP contribution in [0.3, 0.4) is 0 Å². The van der Waals surface area contributed by atoms with E-state index in [1.807, 2.05) is 9.13 Å². The van der Waals surface area contributed by atoms with E-state index >= 15 is 0 Å². The zero-order valence-corrected chi connectivity index (χ0v) is 32.7. The lowest BCUT2D eigenvalue weighted by Gasteiger charge is -2.19. The molecule has 0 atom stereocenters. The van der Waals surface area contributed by atoms with Gasteiger partial charge in [-0.15, -0.1) is 0 Å². The van der Waals surface area contributed by atoms with Gasteiger partial charge in [-0.2, -0.15) is 0 Å². The van der Waals surface area contributed by atoms with Crippen LogP contribution in [-0.4, -0.2) is 25.6 Å². The van der Waals surface area contributed by atoms with Crippen molar-refractivity contribution in [1.82, 2.24) is 29.7 Å². The fourth-order valence-electron chi connectivity index (χ4n) is 9.42. The molecule has 2 aliphatic carbocycles. The third-order valence-electron chi connectivity index (χ3n) is 12.5. The van der Waals surface area contributed by atoms with Gasteiger partial charge in [0.05, 0.1) is 11.0 Å². The van der Waals surface area contributed by atoms with E-state index in [9.17, 15) is 9.59 Å². The van der Waals surface area contributed by atoms with Crippen LogP contribution in [0.25, 0.3) is 66.3 Å². The monoisotopic (exact) mass is 756 g/mol. The van der Waals surface area contributed by atoms with Crippen molar-refractivity contribution in [3.05, 3.63) is 127 Å². The van der Waals surface area contributed by atoms with Gasteiger partial charge in [0.2, 0.25) is 0 Å². The molecule has 6 heterocycles. The lowest BCUT2D eigenvalue weighted by atomic mass is 9.92. The van der Waals surface area contributed by atoms with E-state index in [0.717, 1.165) is 91.2 Å². The van der Waals surface area contributed by atoms with Gasteiger partial charge >= 0.3 is 0 Å². The van der Waals surface area contributed by atoms with Crippen LogP contribution in [0.4, 0.5) is 0 Å². The highest BCUT2D eigenvalue weighted by Gasteiger charge is 2.31. The molecule has 10 heteroatoms. The molecular weight excluding hydrogens is 713 g/mol. The summed E-state index contributed by atoms with van der Waals surface area (Å²) in [6.07, 6.45) is 5.25. The van der Waals surface area contributed by atoms with Crippen LogP contribution in [0, 0.1) is 27.7 Å². The van der Waals surface area contributed by atoms with Crippen LogP contribution in [0.5, 0.6) is 0 Å². The highest BCUT2D eigenvalue weighted by molar-refractivity contribution is 6.05. The van der Waals surface area contributed by atoms with E-state index in [4.69, 9.17) is 8.83 Å². The standard InChI is InChI=1S/C24H23N3O2.C23H21N3O2/c1-13-19(16-3-4-17-12-25-10-9-15(17)11-16)7-8-20-22(13)27(18-5-6-18)24(28)21-23(20)29-14(2)26-21;1-12-18(14-3-4-15-10-24-11-16(15)9-14)7-8-19-21(12)26(17-5-6-17)23(27)20-22(19)28-13(2)25-20/h3-4,7-8,11,18,25H,5-6,9-10,12H2,1-2H3;3-4,7-9,17,24H,5-6,10-11H2,1-2H3. The predicted octanol–water partition coefficient (Wildman–Crippen LogP) is 8.77. The quantitative estimate of drug-likeness (QED) is 0.183. The molecule has 0 unspecified atom stereocenters. The number of pyridine rings is 2. The first kappa shape index (κ1) is 34.4. The van der Waals surface area contributed by atoms with Gasteiger partial charge < -0.3 is 28.6 Å². The maximum absolute atomic E-state index is 13.3. The number of nitrogens with one attached hydrogen (secondary N) is 2. The van der Waals surface area contributed by atoms with E-state index in [1.165, 1.54) is 44.5 Å². The van der Waals surface area contributed by atoms with Crippen molar-refractivity contribution in [2.45, 2.75) is 91.5 Å². The van der Waals surface area contributed by atoms with Crippen molar-refractivity contribution in [3.63, 3.8) is 0 Å². The van der Waals surface area contributed by atoms with Gasteiger partial charge in [-0.1, -0.05) is 42.5 Å². The minimum absolute atomic E-state index is 0.0244. The Kier molecular flexibility index (Phi) is 7.75. The summed E-state index contributed by atoms with van der Waals surface area (Å²) < 4.78 is 15.6. The smallest absolute Gasteiger partial charge is 0.281 e. The van der Waals surface area contributed by atoms with Gasteiger partial charge in [0.1, 0.15) is 0 Å². The summed E-state index contributed by atoms with van der Waals surface area (Å²) >= 11 is 0. The molecule has 0 spiro atoms. The maximum Gasteiger partial charge on any atom is 0.281 e. The Hall–Kier alpha value is -5.84. The highest BCUT2D eigenvalue weighted by Crippen LogP contribution is 2.42. The number of aromatic nitrogens is 4. The summed E-state index contributed by atoms with van der Waals surface area (Å²) in [6, 6.07) is 22.5. The Morgan fingerprint density at radius 3 is 1.58 bits per heavy atom. The molecule has 0 radical (unpaired) electrons. The van der Waals surface area contributed by atoms with Gasteiger partial charge in [-0.05, 0) is 126 Å². The molecule has 2 fully saturated rings. The molecule has 12 rings (SSSR count). The fraction of sp³-hybridized carbons (Fsp3) is 0.319. The summed E-state index contributed by atoms with van der Waals surface area (Å²) in [6.45, 7) is 11.7. The summed E-state index contributed by atoms with van der Waals surface area (Å²) in [7, 11) is 0. The lowest BCUT2D eigenvalue weighted by molar-refractivity contribution is 0.563. The van der Waals surface area contributed by atoms with Gasteiger partial charge in [0, 0.05) is 56.3 Å². The minimum atomic E-state index is -0.0275. The molecule has 4 aromatic heterocycles. The van der Waals surface area contributed by atoms with Crippen LogP contribution < -0.4 is 21.8 Å². The molecule has 2 N–H and O–H groups in total. The second-order valence-electron chi connectivity index (χ2n) is 16.4. The van der Waals surface area contributed by atoms with Crippen molar-refractivity contribution < 1.29 is 8.83 Å². The first-order valence-electron chi connectivity index (χ1n) is 20.3. The Morgan fingerprint density at radius 2 is 1.05 bits per heavy atom. The predicted molar refractivity (Wildman–Crippen MR) is 224 cm³/mol. The molecule has 8 aromatic rings. The topological polar surface area (TPSA) is 120 Å². The van der Waals surface area contributed by atoms with Crippen LogP contribution in [0.2, 0.25) is 0 Å². The Morgan fingerprint density at radius 1 is 0.579 bits per heavy atom. The van der Waals surface area contributed by atoms with Crippen LogP contribution in [0.15, 0.2) is 79.1 Å². The number of nitrogens with zero attached hydrogens (tertiary/aromatic N) is 4. The molecule has 0 saturated heterocycles. The van der Waals surface area contributed by atoms with E-state index in [1.54, 1.807) is 13.8 Å². The summed E-state index contributed by atoms with van der Waals surface area (Å²) in [5.41, 5.74) is 16.6. The summed E-state index contributed by atoms with van der Waals surface area (Å²) in [4.78, 5) is 35.2. The van der Waals surface area contributed by atoms with Crippen molar-refractivity contribution in [2.24, 2.45) is 0 Å². The van der Waals surface area contributed by atoms with Gasteiger partial charge in [-0.25, -0.2) is 9.97 Å². The second-order valence-corrected chi connectivity index (χ2v) is 16.4. The number of oxazole rings is 2. The average Bonchev–Trinajstić information content (AvgIpc) is 4.11. The van der Waals surface area contributed by atoms with Crippen molar-refractivity contribution in [3.8, 4) is 22.3 Å². The van der Waals surface area contributed by atoms with E-state index in [0.29, 0.717) is 34.0 Å². The van der Waals surface area contributed by atoms with Gasteiger partial charge in [0.15, 0.2) is 34.0 Å². The van der Waals surface area contributed by atoms with Crippen molar-refractivity contribution in [2.75, 3.05) is 6.54 Å². The van der Waals surface area contributed by atoms with Crippen LogP contribution in [-0.2, 0) is 26.1 Å². The van der Waals surface area contributed by atoms with E-state index < -0.39 is 0 Å². The van der Waals surface area contributed by atoms with Gasteiger partial charge in [0.25, 0.3) is 11.1 Å². The highest BCUT2D eigenvalue weighted by atomic mass is 16.4. The first-order valence-corrected chi connectivity index (χ1v) is 20.3. The van der Waals surface area contributed by atoms with Crippen molar-refractivity contribution >= 4 is 44.0 Å². The number of rotatable bonds is 4. The Labute approximate surface area is 328 Å². The van der Waals surface area contributed by atoms with E-state index in [2.05, 4.69) is 95.1 Å². The number of aryl methyl sites for hydroxylation is 4. The molecule has 0 bridgehead atoms. The summed E-state index contributed by atoms with van der Waals surface area (Å²) in [5.74, 6) is 1.08. The average molecular weight is 757 g/mol. The maximum atomic E-state index is 13.3. The molecule has 4 aliphatic rings.